The van der Waals surface area contributed by atoms with E-state index >= 15 is 0 Å². The molecule has 0 radical (unpaired) electrons. The molecule has 23 heavy (non-hydrogen) atoms. The number of carbonyl (C=O) groups excluding carboxylic acids is 2. The van der Waals surface area contributed by atoms with E-state index in [1.165, 1.54) is 6.92 Å². The maximum Gasteiger partial charge on any atom is 0.404 e. The van der Waals surface area contributed by atoms with Gasteiger partial charge in [-0.3, -0.25) is 9.59 Å². The van der Waals surface area contributed by atoms with Crippen LogP contribution in [0.15, 0.2) is 12.7 Å². The van der Waals surface area contributed by atoms with Crippen molar-refractivity contribution in [1.29, 1.82) is 0 Å². The molecule has 3 atom stereocenters. The lowest BCUT2D eigenvalue weighted by Crippen LogP contribution is -2.66. The van der Waals surface area contributed by atoms with Crippen LogP contribution >= 0.6 is 0 Å². The van der Waals surface area contributed by atoms with E-state index in [1.807, 2.05) is 20.8 Å². The van der Waals surface area contributed by atoms with E-state index in [-0.39, 0.29) is 24.2 Å². The highest BCUT2D eigenvalue weighted by Crippen LogP contribution is 2.34. The molecule has 130 valence electrons. The zero-order valence-electron chi connectivity index (χ0n) is 14.2. The second-order valence-electron chi connectivity index (χ2n) is 7.25. The molecule has 4 N–H and O–H groups in total. The second-order valence-corrected chi connectivity index (χ2v) is 7.25. The maximum absolute atomic E-state index is 12.8. The van der Waals surface area contributed by atoms with Crippen molar-refractivity contribution in [1.82, 2.24) is 16.0 Å². The molecule has 0 aromatic carbocycles. The van der Waals surface area contributed by atoms with Crippen molar-refractivity contribution in [3.05, 3.63) is 12.7 Å². The molecular weight excluding hydrogens is 298 g/mol. The number of carbonyl (C=O) groups is 3. The third kappa shape index (κ3) is 5.58. The number of hydrogen-bond donors (Lipinski definition) is 4. The van der Waals surface area contributed by atoms with Crippen LogP contribution in [0.1, 0.15) is 47.0 Å². The molecule has 0 bridgehead atoms. The zero-order chi connectivity index (χ0) is 17.8. The minimum absolute atomic E-state index is 0.0711. The first-order valence-electron chi connectivity index (χ1n) is 7.71. The van der Waals surface area contributed by atoms with Gasteiger partial charge in [0.2, 0.25) is 11.8 Å². The Labute approximate surface area is 136 Å². The molecule has 3 amide bonds. The fraction of sp³-hybridized carbons (Fsp3) is 0.688. The van der Waals surface area contributed by atoms with E-state index in [9.17, 15) is 14.4 Å². The van der Waals surface area contributed by atoms with Crippen LogP contribution in [0.5, 0.6) is 0 Å². The number of nitrogens with one attached hydrogen (secondary N) is 3. The summed E-state index contributed by atoms with van der Waals surface area (Å²) < 4.78 is 0. The molecule has 7 nitrogen and oxygen atoms in total. The molecule has 3 unspecified atom stereocenters. The molecule has 1 rings (SSSR count). The number of allylic oxidation sites excluding steroid dienone is 1. The van der Waals surface area contributed by atoms with Gasteiger partial charge in [0.1, 0.15) is 5.54 Å². The van der Waals surface area contributed by atoms with Crippen molar-refractivity contribution in [3.8, 4) is 0 Å². The van der Waals surface area contributed by atoms with Crippen LogP contribution in [0, 0.1) is 5.92 Å². The van der Waals surface area contributed by atoms with Crippen molar-refractivity contribution in [3.63, 3.8) is 0 Å². The number of hydrogen-bond acceptors (Lipinski definition) is 3. The Bertz CT molecular complexity index is 498. The molecule has 0 spiro atoms. The highest BCUT2D eigenvalue weighted by atomic mass is 16.4. The van der Waals surface area contributed by atoms with Gasteiger partial charge in [0.25, 0.3) is 0 Å². The number of carboxylic acid groups (broad SMARTS) is 1. The van der Waals surface area contributed by atoms with Gasteiger partial charge in [-0.05, 0) is 46.0 Å². The summed E-state index contributed by atoms with van der Waals surface area (Å²) in [6.45, 7) is 10.7. The lowest BCUT2D eigenvalue weighted by molar-refractivity contribution is -0.136. The first-order valence-corrected chi connectivity index (χ1v) is 7.71. The molecule has 0 heterocycles. The van der Waals surface area contributed by atoms with Crippen LogP contribution in [-0.2, 0) is 9.59 Å². The maximum atomic E-state index is 12.8. The SMILES string of the molecule is C=CC1CC(NC(=O)O)CC(NC(C)=O)(C(=O)NC(C)(C)C)C1. The average Bonchev–Trinajstić information content (AvgIpc) is 2.34. The minimum Gasteiger partial charge on any atom is -0.465 e. The summed E-state index contributed by atoms with van der Waals surface area (Å²) in [5.41, 5.74) is -1.61. The van der Waals surface area contributed by atoms with E-state index in [1.54, 1.807) is 6.08 Å². The Morgan fingerprint density at radius 1 is 1.26 bits per heavy atom. The van der Waals surface area contributed by atoms with Gasteiger partial charge >= 0.3 is 6.09 Å². The summed E-state index contributed by atoms with van der Waals surface area (Å²) in [6, 6.07) is -0.429. The van der Waals surface area contributed by atoms with Crippen molar-refractivity contribution in [2.75, 3.05) is 0 Å². The highest BCUT2D eigenvalue weighted by Gasteiger charge is 2.47. The zero-order valence-corrected chi connectivity index (χ0v) is 14.2. The van der Waals surface area contributed by atoms with E-state index < -0.39 is 23.2 Å². The fourth-order valence-electron chi connectivity index (χ4n) is 3.09. The predicted octanol–water partition coefficient (Wildman–Crippen LogP) is 1.40. The molecule has 0 saturated heterocycles. The lowest BCUT2D eigenvalue weighted by Gasteiger charge is -2.44. The van der Waals surface area contributed by atoms with Gasteiger partial charge in [-0.15, -0.1) is 6.58 Å². The summed E-state index contributed by atoms with van der Waals surface area (Å²) in [5, 5.41) is 17.1. The molecule has 0 aliphatic heterocycles. The summed E-state index contributed by atoms with van der Waals surface area (Å²) in [6.07, 6.45) is 1.73. The van der Waals surface area contributed by atoms with E-state index in [0.717, 1.165) is 0 Å². The largest absolute Gasteiger partial charge is 0.465 e. The minimum atomic E-state index is -1.15. The average molecular weight is 325 g/mol. The number of amides is 3. The van der Waals surface area contributed by atoms with E-state index in [0.29, 0.717) is 12.8 Å². The van der Waals surface area contributed by atoms with Crippen molar-refractivity contribution in [2.45, 2.75) is 64.1 Å². The van der Waals surface area contributed by atoms with Crippen LogP contribution in [-0.4, -0.2) is 40.1 Å². The molecule has 0 aromatic heterocycles. The molecule has 7 heteroatoms. The molecule has 1 aliphatic carbocycles. The third-order valence-corrected chi connectivity index (χ3v) is 3.79. The van der Waals surface area contributed by atoms with Crippen LogP contribution < -0.4 is 16.0 Å². The quantitative estimate of drug-likeness (QED) is 0.586. The Balaban J connectivity index is 3.14. The van der Waals surface area contributed by atoms with Gasteiger partial charge in [0.05, 0.1) is 0 Å². The van der Waals surface area contributed by atoms with Gasteiger partial charge in [0, 0.05) is 18.5 Å². The first kappa shape index (κ1) is 19.0. The molecule has 0 aromatic rings. The van der Waals surface area contributed by atoms with E-state index in [2.05, 4.69) is 22.5 Å². The standard InChI is InChI=1S/C16H27N3O4/c1-6-11-7-12(17-14(22)23)9-16(8-11,18-10(2)20)13(21)19-15(3,4)5/h6,11-12,17H,1,7-9H2,2-5H3,(H,18,20)(H,19,21)(H,22,23). The van der Waals surface area contributed by atoms with Crippen LogP contribution in [0.3, 0.4) is 0 Å². The smallest absolute Gasteiger partial charge is 0.404 e. The summed E-state index contributed by atoms with van der Waals surface area (Å²) in [4.78, 5) is 35.5. The summed E-state index contributed by atoms with van der Waals surface area (Å²) in [5.74, 6) is -0.699. The van der Waals surface area contributed by atoms with E-state index in [4.69, 9.17) is 5.11 Å². The molecule has 1 fully saturated rings. The van der Waals surface area contributed by atoms with Gasteiger partial charge in [-0.1, -0.05) is 6.08 Å². The molecule has 1 aliphatic rings. The van der Waals surface area contributed by atoms with Crippen LogP contribution in [0.25, 0.3) is 0 Å². The lowest BCUT2D eigenvalue weighted by atomic mass is 9.72. The highest BCUT2D eigenvalue weighted by molar-refractivity contribution is 5.91. The van der Waals surface area contributed by atoms with Crippen molar-refractivity contribution >= 4 is 17.9 Å². The Hall–Kier alpha value is -2.05. The van der Waals surface area contributed by atoms with Gasteiger partial charge < -0.3 is 21.1 Å². The Morgan fingerprint density at radius 2 is 1.87 bits per heavy atom. The normalized spacial score (nSPS) is 27.7. The second kappa shape index (κ2) is 7.02. The Kier molecular flexibility index (Phi) is 5.80. The van der Waals surface area contributed by atoms with Crippen LogP contribution in [0.4, 0.5) is 4.79 Å². The summed E-state index contributed by atoms with van der Waals surface area (Å²) >= 11 is 0. The van der Waals surface area contributed by atoms with Gasteiger partial charge in [0.15, 0.2) is 0 Å². The molecule has 1 saturated carbocycles. The first-order chi connectivity index (χ1) is 10.5. The summed E-state index contributed by atoms with van der Waals surface area (Å²) in [7, 11) is 0. The van der Waals surface area contributed by atoms with Crippen molar-refractivity contribution < 1.29 is 19.5 Å². The fourth-order valence-corrected chi connectivity index (χ4v) is 3.09. The van der Waals surface area contributed by atoms with Crippen molar-refractivity contribution in [2.24, 2.45) is 5.92 Å². The third-order valence-electron chi connectivity index (χ3n) is 3.79. The monoisotopic (exact) mass is 325 g/mol. The predicted molar refractivity (Wildman–Crippen MR) is 86.9 cm³/mol. The van der Waals surface area contributed by atoms with Crippen LogP contribution in [0.2, 0.25) is 0 Å². The topological polar surface area (TPSA) is 108 Å². The van der Waals surface area contributed by atoms with Gasteiger partial charge in [-0.25, -0.2) is 4.79 Å². The Morgan fingerprint density at radius 3 is 2.30 bits per heavy atom. The molecular formula is C16H27N3O4. The number of rotatable bonds is 4. The van der Waals surface area contributed by atoms with Gasteiger partial charge in [-0.2, -0.15) is 0 Å².